The van der Waals surface area contributed by atoms with Gasteiger partial charge in [-0.1, -0.05) is 11.2 Å². The van der Waals surface area contributed by atoms with Crippen LogP contribution in [0.5, 0.6) is 0 Å². The van der Waals surface area contributed by atoms with Crippen molar-refractivity contribution in [2.75, 3.05) is 13.1 Å². The van der Waals surface area contributed by atoms with Crippen LogP contribution in [0.3, 0.4) is 0 Å². The summed E-state index contributed by atoms with van der Waals surface area (Å²) in [4.78, 5) is 17.3. The van der Waals surface area contributed by atoms with Crippen molar-refractivity contribution in [2.24, 2.45) is 0 Å². The van der Waals surface area contributed by atoms with Crippen LogP contribution in [0.25, 0.3) is 0 Å². The number of hydrogen-bond donors (Lipinski definition) is 1. The molecule has 2 heterocycles. The van der Waals surface area contributed by atoms with Gasteiger partial charge in [-0.2, -0.15) is 4.98 Å². The number of aryl methyl sites for hydroxylation is 1. The number of nitrogens with one attached hydrogen (secondary N) is 1. The fraction of sp³-hybridized carbons (Fsp3) is 0.471. The molecule has 146 valence electrons. The summed E-state index contributed by atoms with van der Waals surface area (Å²) in [6, 6.07) is 3.58. The molecule has 10 heteroatoms. The van der Waals surface area contributed by atoms with Gasteiger partial charge in [-0.05, 0) is 37.5 Å². The van der Waals surface area contributed by atoms with E-state index in [0.717, 1.165) is 18.9 Å². The lowest BCUT2D eigenvalue weighted by atomic mass is 9.96. The predicted molar refractivity (Wildman–Crippen MR) is 93.7 cm³/mol. The van der Waals surface area contributed by atoms with E-state index in [1.54, 1.807) is 18.7 Å². The second kappa shape index (κ2) is 7.73. The van der Waals surface area contributed by atoms with Gasteiger partial charge in [0.25, 0.3) is 0 Å². The van der Waals surface area contributed by atoms with Gasteiger partial charge in [0.2, 0.25) is 21.8 Å². The van der Waals surface area contributed by atoms with Crippen LogP contribution in [-0.2, 0) is 21.4 Å². The van der Waals surface area contributed by atoms with Crippen molar-refractivity contribution >= 4 is 15.9 Å². The van der Waals surface area contributed by atoms with Crippen molar-refractivity contribution in [1.82, 2.24) is 19.8 Å². The van der Waals surface area contributed by atoms with Crippen molar-refractivity contribution in [3.63, 3.8) is 0 Å². The minimum absolute atomic E-state index is 0.0456. The van der Waals surface area contributed by atoms with Crippen LogP contribution in [0.2, 0.25) is 0 Å². The molecule has 0 aliphatic carbocycles. The van der Waals surface area contributed by atoms with Gasteiger partial charge in [0, 0.05) is 25.9 Å². The summed E-state index contributed by atoms with van der Waals surface area (Å²) < 4.78 is 45.6. The largest absolute Gasteiger partial charge is 0.343 e. The molecule has 1 aromatic heterocycles. The Morgan fingerprint density at radius 1 is 1.37 bits per heavy atom. The maximum atomic E-state index is 13.4. The number of benzene rings is 1. The highest BCUT2D eigenvalue weighted by molar-refractivity contribution is 7.89. The van der Waals surface area contributed by atoms with Crippen LogP contribution in [0.4, 0.5) is 4.39 Å². The molecule has 1 aromatic carbocycles. The standard InChI is InChI=1S/C17H21FN4O4S/c1-11-3-4-14(18)9-15(11)27(24,25)19-10-16-20-17(21-26-16)13-5-7-22(8-6-13)12(2)23/h3-4,9,13,19H,5-8,10H2,1-2H3. The van der Waals surface area contributed by atoms with Crippen LogP contribution in [-0.4, -0.2) is 42.5 Å². The van der Waals surface area contributed by atoms with Crippen LogP contribution < -0.4 is 4.72 Å². The Morgan fingerprint density at radius 3 is 2.74 bits per heavy atom. The Hall–Kier alpha value is -2.33. The molecule has 0 radical (unpaired) electrons. The number of likely N-dealkylation sites (tertiary alicyclic amines) is 1. The summed E-state index contributed by atoms with van der Waals surface area (Å²) in [7, 11) is -3.91. The number of nitrogens with zero attached hydrogens (tertiary/aromatic N) is 3. The number of aromatic nitrogens is 2. The third-order valence-corrected chi connectivity index (χ3v) is 6.19. The van der Waals surface area contributed by atoms with E-state index in [0.29, 0.717) is 24.5 Å². The molecule has 0 unspecified atom stereocenters. The second-order valence-corrected chi connectivity index (χ2v) is 8.30. The highest BCUT2D eigenvalue weighted by Gasteiger charge is 2.26. The number of piperidine rings is 1. The van der Waals surface area contributed by atoms with Gasteiger partial charge < -0.3 is 9.42 Å². The topological polar surface area (TPSA) is 105 Å². The zero-order valence-electron chi connectivity index (χ0n) is 15.1. The summed E-state index contributed by atoms with van der Waals surface area (Å²) >= 11 is 0. The zero-order valence-corrected chi connectivity index (χ0v) is 15.9. The van der Waals surface area contributed by atoms with Crippen molar-refractivity contribution < 1.29 is 22.1 Å². The number of halogens is 1. The molecule has 1 N–H and O–H groups in total. The molecule has 1 aliphatic heterocycles. The highest BCUT2D eigenvalue weighted by atomic mass is 32.2. The summed E-state index contributed by atoms with van der Waals surface area (Å²) in [5.41, 5.74) is 0.437. The minimum atomic E-state index is -3.91. The Balaban J connectivity index is 1.63. The molecule has 1 aliphatic rings. The molecule has 8 nitrogen and oxygen atoms in total. The number of amides is 1. The highest BCUT2D eigenvalue weighted by Crippen LogP contribution is 2.26. The van der Waals surface area contributed by atoms with Gasteiger partial charge in [0.15, 0.2) is 5.82 Å². The van der Waals surface area contributed by atoms with Crippen LogP contribution in [0.1, 0.15) is 43.0 Å². The molecule has 1 saturated heterocycles. The molecular formula is C17H21FN4O4S. The average Bonchev–Trinajstić information content (AvgIpc) is 3.11. The van der Waals surface area contributed by atoms with E-state index in [-0.39, 0.29) is 29.2 Å². The second-order valence-electron chi connectivity index (χ2n) is 6.56. The molecule has 0 spiro atoms. The number of sulfonamides is 1. The van der Waals surface area contributed by atoms with E-state index in [2.05, 4.69) is 14.9 Å². The quantitative estimate of drug-likeness (QED) is 0.825. The van der Waals surface area contributed by atoms with Gasteiger partial charge in [-0.25, -0.2) is 17.5 Å². The van der Waals surface area contributed by atoms with E-state index in [1.165, 1.54) is 12.1 Å². The lowest BCUT2D eigenvalue weighted by molar-refractivity contribution is -0.129. The van der Waals surface area contributed by atoms with Crippen molar-refractivity contribution in [1.29, 1.82) is 0 Å². The zero-order chi connectivity index (χ0) is 19.6. The third-order valence-electron chi connectivity index (χ3n) is 4.64. The predicted octanol–water partition coefficient (Wildman–Crippen LogP) is 1.72. The minimum Gasteiger partial charge on any atom is -0.343 e. The van der Waals surface area contributed by atoms with E-state index in [9.17, 15) is 17.6 Å². The molecule has 2 aromatic rings. The van der Waals surface area contributed by atoms with Crippen molar-refractivity contribution in [2.45, 2.75) is 44.0 Å². The third kappa shape index (κ3) is 4.51. The van der Waals surface area contributed by atoms with Crippen molar-refractivity contribution in [3.8, 4) is 0 Å². The van der Waals surface area contributed by atoms with Crippen LogP contribution >= 0.6 is 0 Å². The average molecular weight is 396 g/mol. The first-order chi connectivity index (χ1) is 12.8. The first-order valence-electron chi connectivity index (χ1n) is 8.60. The summed E-state index contributed by atoms with van der Waals surface area (Å²) in [5, 5.41) is 3.93. The Morgan fingerprint density at radius 2 is 2.07 bits per heavy atom. The summed E-state index contributed by atoms with van der Waals surface area (Å²) in [5.74, 6) is 0.133. The van der Waals surface area contributed by atoms with E-state index >= 15 is 0 Å². The first kappa shape index (κ1) is 19.4. The van der Waals surface area contributed by atoms with Crippen LogP contribution in [0, 0.1) is 12.7 Å². The normalized spacial score (nSPS) is 15.9. The van der Waals surface area contributed by atoms with Gasteiger partial charge in [0.1, 0.15) is 5.82 Å². The fourth-order valence-electron chi connectivity index (χ4n) is 3.06. The summed E-state index contributed by atoms with van der Waals surface area (Å²) in [6.07, 6.45) is 1.46. The summed E-state index contributed by atoms with van der Waals surface area (Å²) in [6.45, 7) is 4.22. The number of hydrogen-bond acceptors (Lipinski definition) is 6. The SMILES string of the molecule is CC(=O)N1CCC(c2noc(CNS(=O)(=O)c3cc(F)ccc3C)n2)CC1. The lowest BCUT2D eigenvalue weighted by Gasteiger charge is -2.29. The molecule has 0 atom stereocenters. The maximum absolute atomic E-state index is 13.4. The van der Waals surface area contributed by atoms with E-state index in [4.69, 9.17) is 4.52 Å². The van der Waals surface area contributed by atoms with Crippen LogP contribution in [0.15, 0.2) is 27.6 Å². The monoisotopic (exact) mass is 396 g/mol. The van der Waals surface area contributed by atoms with E-state index < -0.39 is 15.8 Å². The van der Waals surface area contributed by atoms with Gasteiger partial charge in [-0.3, -0.25) is 4.79 Å². The van der Waals surface area contributed by atoms with Crippen molar-refractivity contribution in [3.05, 3.63) is 41.3 Å². The van der Waals surface area contributed by atoms with Gasteiger partial charge in [-0.15, -0.1) is 0 Å². The maximum Gasteiger partial charge on any atom is 0.241 e. The number of carbonyl (C=O) groups is 1. The molecular weight excluding hydrogens is 375 g/mol. The fourth-order valence-corrected chi connectivity index (χ4v) is 4.28. The van der Waals surface area contributed by atoms with Gasteiger partial charge in [0.05, 0.1) is 11.4 Å². The number of rotatable bonds is 5. The first-order valence-corrected chi connectivity index (χ1v) is 10.1. The lowest BCUT2D eigenvalue weighted by Crippen LogP contribution is -2.36. The number of carbonyl (C=O) groups excluding carboxylic acids is 1. The molecule has 1 fully saturated rings. The molecule has 3 rings (SSSR count). The van der Waals surface area contributed by atoms with E-state index in [1.807, 2.05) is 0 Å². The molecule has 27 heavy (non-hydrogen) atoms. The van der Waals surface area contributed by atoms with Gasteiger partial charge >= 0.3 is 0 Å². The molecule has 0 bridgehead atoms. The Kier molecular flexibility index (Phi) is 5.56. The smallest absolute Gasteiger partial charge is 0.241 e. The Labute approximate surface area is 156 Å². The Bertz CT molecular complexity index is 936. The molecule has 1 amide bonds. The molecule has 0 saturated carbocycles.